The lowest BCUT2D eigenvalue weighted by molar-refractivity contribution is 0.0696. The van der Waals surface area contributed by atoms with Gasteiger partial charge < -0.3 is 5.11 Å². The molecule has 0 unspecified atom stereocenters. The highest BCUT2D eigenvalue weighted by atomic mass is 16.4. The van der Waals surface area contributed by atoms with Gasteiger partial charge in [-0.3, -0.25) is 4.40 Å². The van der Waals surface area contributed by atoms with Crippen LogP contribution in [0.5, 0.6) is 0 Å². The second-order valence-corrected chi connectivity index (χ2v) is 2.57. The second-order valence-electron chi connectivity index (χ2n) is 2.57. The number of carboxylic acid groups (broad SMARTS) is 1. The summed E-state index contributed by atoms with van der Waals surface area (Å²) < 4.78 is 1.53. The van der Waals surface area contributed by atoms with E-state index in [1.165, 1.54) is 16.8 Å². The van der Waals surface area contributed by atoms with Crippen molar-refractivity contribution in [2.75, 3.05) is 0 Å². The molecule has 0 amide bonds. The fourth-order valence-corrected chi connectivity index (χ4v) is 1.01. The molecule has 0 spiro atoms. The Morgan fingerprint density at radius 3 is 3.00 bits per heavy atom. The monoisotopic (exact) mass is 178 g/mol. The van der Waals surface area contributed by atoms with Gasteiger partial charge >= 0.3 is 5.97 Å². The van der Waals surface area contributed by atoms with E-state index in [1.807, 2.05) is 0 Å². The van der Waals surface area contributed by atoms with Crippen LogP contribution >= 0.6 is 0 Å². The number of aromatic carboxylic acids is 1. The van der Waals surface area contributed by atoms with E-state index in [0.29, 0.717) is 11.6 Å². The normalized spacial score (nSPS) is 10.5. The average Bonchev–Trinajstić information content (AvgIpc) is 2.47. The average molecular weight is 178 g/mol. The highest BCUT2D eigenvalue weighted by Gasteiger charge is 2.07. The molecule has 6 nitrogen and oxygen atoms in total. The fourth-order valence-electron chi connectivity index (χ4n) is 1.01. The van der Waals surface area contributed by atoms with Gasteiger partial charge in [-0.1, -0.05) is 0 Å². The molecule has 6 heteroatoms. The largest absolute Gasteiger partial charge is 0.478 e. The minimum absolute atomic E-state index is 0.121. The molecule has 0 atom stereocenters. The third kappa shape index (κ3) is 1.12. The van der Waals surface area contributed by atoms with E-state index >= 15 is 0 Å². The van der Waals surface area contributed by atoms with Gasteiger partial charge in [0.05, 0.1) is 5.56 Å². The molecule has 0 bridgehead atoms. The molecule has 0 aliphatic carbocycles. The molecule has 0 saturated heterocycles. The summed E-state index contributed by atoms with van der Waals surface area (Å²) >= 11 is 0. The van der Waals surface area contributed by atoms with Gasteiger partial charge in [-0.2, -0.15) is 0 Å². The first-order valence-corrected chi connectivity index (χ1v) is 3.59. The molecule has 0 aromatic carbocycles. The minimum atomic E-state index is -1.01. The predicted octanol–water partition coefficient (Wildman–Crippen LogP) is 0.131. The standard InChI is InChI=1S/C7H6N4O2/c1-4-9-10-7-8-2-5(6(12)13)3-11(4)7/h2-3H,1H3,(H,12,13). The van der Waals surface area contributed by atoms with Crippen molar-refractivity contribution in [1.29, 1.82) is 0 Å². The van der Waals surface area contributed by atoms with E-state index in [2.05, 4.69) is 15.2 Å². The number of nitrogens with zero attached hydrogens (tertiary/aromatic N) is 4. The number of fused-ring (bicyclic) bond motifs is 1. The Morgan fingerprint density at radius 1 is 1.54 bits per heavy atom. The Hall–Kier alpha value is -1.98. The number of aromatic nitrogens is 4. The zero-order valence-electron chi connectivity index (χ0n) is 6.80. The summed E-state index contributed by atoms with van der Waals surface area (Å²) in [5, 5.41) is 16.2. The Kier molecular flexibility index (Phi) is 1.48. The maximum absolute atomic E-state index is 10.6. The summed E-state index contributed by atoms with van der Waals surface area (Å²) in [4.78, 5) is 14.4. The van der Waals surface area contributed by atoms with Crippen LogP contribution in [0.25, 0.3) is 5.78 Å². The summed E-state index contributed by atoms with van der Waals surface area (Å²) in [6.07, 6.45) is 2.70. The van der Waals surface area contributed by atoms with Gasteiger partial charge in [-0.05, 0) is 6.92 Å². The first-order chi connectivity index (χ1) is 6.18. The quantitative estimate of drug-likeness (QED) is 0.671. The van der Waals surface area contributed by atoms with E-state index in [-0.39, 0.29) is 5.56 Å². The SMILES string of the molecule is Cc1nnc2ncc(C(=O)O)cn12. The zero-order chi connectivity index (χ0) is 9.42. The van der Waals surface area contributed by atoms with Gasteiger partial charge in [0.1, 0.15) is 5.82 Å². The number of rotatable bonds is 1. The molecule has 0 fully saturated rings. The van der Waals surface area contributed by atoms with Gasteiger partial charge in [0.25, 0.3) is 5.78 Å². The van der Waals surface area contributed by atoms with Crippen molar-refractivity contribution in [2.24, 2.45) is 0 Å². The lowest BCUT2D eigenvalue weighted by Crippen LogP contribution is -2.01. The van der Waals surface area contributed by atoms with Gasteiger partial charge in [0, 0.05) is 12.4 Å². The number of hydrogen-bond acceptors (Lipinski definition) is 4. The fraction of sp³-hybridized carbons (Fsp3) is 0.143. The molecule has 2 aromatic rings. The Balaban J connectivity index is 2.72. The van der Waals surface area contributed by atoms with Crippen molar-refractivity contribution in [2.45, 2.75) is 6.92 Å². The molecule has 2 heterocycles. The Morgan fingerprint density at radius 2 is 2.31 bits per heavy atom. The van der Waals surface area contributed by atoms with Crippen molar-refractivity contribution >= 4 is 11.7 Å². The van der Waals surface area contributed by atoms with Crippen LogP contribution in [0, 0.1) is 6.92 Å². The first-order valence-electron chi connectivity index (χ1n) is 3.59. The molecule has 66 valence electrons. The highest BCUT2D eigenvalue weighted by molar-refractivity contribution is 5.86. The van der Waals surface area contributed by atoms with E-state index in [9.17, 15) is 4.79 Å². The van der Waals surface area contributed by atoms with Crippen LogP contribution in [-0.2, 0) is 0 Å². The number of carboxylic acids is 1. The van der Waals surface area contributed by atoms with Crippen molar-refractivity contribution in [3.05, 3.63) is 23.8 Å². The van der Waals surface area contributed by atoms with Crippen LogP contribution in [0.3, 0.4) is 0 Å². The maximum Gasteiger partial charge on any atom is 0.338 e. The van der Waals surface area contributed by atoms with Crippen molar-refractivity contribution in [1.82, 2.24) is 19.6 Å². The molecular formula is C7H6N4O2. The molecule has 0 saturated carbocycles. The molecule has 1 N–H and O–H groups in total. The lowest BCUT2D eigenvalue weighted by atomic mass is 10.3. The highest BCUT2D eigenvalue weighted by Crippen LogP contribution is 2.02. The molecule has 0 aliphatic rings. The molecular weight excluding hydrogens is 172 g/mol. The molecule has 13 heavy (non-hydrogen) atoms. The van der Waals surface area contributed by atoms with Gasteiger partial charge in [-0.15, -0.1) is 10.2 Å². The Labute approximate surface area is 72.9 Å². The van der Waals surface area contributed by atoms with E-state index in [1.54, 1.807) is 6.92 Å². The molecule has 2 aromatic heterocycles. The van der Waals surface area contributed by atoms with Crippen LogP contribution < -0.4 is 0 Å². The number of aryl methyl sites for hydroxylation is 1. The molecule has 0 aliphatic heterocycles. The van der Waals surface area contributed by atoms with Crippen LogP contribution in [0.4, 0.5) is 0 Å². The smallest absolute Gasteiger partial charge is 0.338 e. The first kappa shape index (κ1) is 7.66. The Bertz CT molecular complexity index is 476. The van der Waals surface area contributed by atoms with Crippen LogP contribution in [-0.4, -0.2) is 30.7 Å². The van der Waals surface area contributed by atoms with E-state index < -0.39 is 5.97 Å². The summed E-state index contributed by atoms with van der Waals surface area (Å²) in [5.74, 6) is 0.00981. The number of hydrogen-bond donors (Lipinski definition) is 1. The van der Waals surface area contributed by atoms with Crippen LogP contribution in [0.15, 0.2) is 12.4 Å². The maximum atomic E-state index is 10.6. The third-order valence-electron chi connectivity index (χ3n) is 1.68. The van der Waals surface area contributed by atoms with E-state index in [0.717, 1.165) is 0 Å². The van der Waals surface area contributed by atoms with Crippen molar-refractivity contribution < 1.29 is 9.90 Å². The topological polar surface area (TPSA) is 80.4 Å². The van der Waals surface area contributed by atoms with Crippen molar-refractivity contribution in [3.63, 3.8) is 0 Å². The predicted molar refractivity (Wildman–Crippen MR) is 42.5 cm³/mol. The summed E-state index contributed by atoms with van der Waals surface area (Å²) in [6.45, 7) is 1.73. The number of carbonyl (C=O) groups is 1. The van der Waals surface area contributed by atoms with Crippen LogP contribution in [0.2, 0.25) is 0 Å². The molecule has 0 radical (unpaired) electrons. The van der Waals surface area contributed by atoms with Crippen molar-refractivity contribution in [3.8, 4) is 0 Å². The second kappa shape index (κ2) is 2.51. The third-order valence-corrected chi connectivity index (χ3v) is 1.68. The summed E-state index contributed by atoms with van der Waals surface area (Å²) in [7, 11) is 0. The zero-order valence-corrected chi connectivity index (χ0v) is 6.80. The van der Waals surface area contributed by atoms with Gasteiger partial charge in [0.15, 0.2) is 0 Å². The minimum Gasteiger partial charge on any atom is -0.478 e. The molecule has 2 rings (SSSR count). The summed E-state index contributed by atoms with van der Waals surface area (Å²) in [5.41, 5.74) is 0.121. The lowest BCUT2D eigenvalue weighted by Gasteiger charge is -1.95. The van der Waals surface area contributed by atoms with Gasteiger partial charge in [-0.25, -0.2) is 9.78 Å². The van der Waals surface area contributed by atoms with E-state index in [4.69, 9.17) is 5.11 Å². The van der Waals surface area contributed by atoms with Crippen LogP contribution in [0.1, 0.15) is 16.2 Å². The summed E-state index contributed by atoms with van der Waals surface area (Å²) in [6, 6.07) is 0. The van der Waals surface area contributed by atoms with Gasteiger partial charge in [0.2, 0.25) is 0 Å².